The fourth-order valence-electron chi connectivity index (χ4n) is 4.28. The van der Waals surface area contributed by atoms with Crippen molar-refractivity contribution < 1.29 is 4.79 Å². The Bertz CT molecular complexity index is 826. The van der Waals surface area contributed by atoms with Gasteiger partial charge < -0.3 is 15.1 Å². The summed E-state index contributed by atoms with van der Waals surface area (Å²) in [6.07, 6.45) is 5.43. The first-order valence-electron chi connectivity index (χ1n) is 10.7. The molecule has 4 rings (SSSR count). The van der Waals surface area contributed by atoms with E-state index in [1.165, 1.54) is 24.8 Å². The molecule has 1 saturated heterocycles. The van der Waals surface area contributed by atoms with Crippen molar-refractivity contribution in [3.8, 4) is 0 Å². The maximum Gasteiger partial charge on any atom is 0.271 e. The van der Waals surface area contributed by atoms with E-state index in [9.17, 15) is 4.79 Å². The minimum absolute atomic E-state index is 0.0530. The van der Waals surface area contributed by atoms with Crippen LogP contribution in [0.1, 0.15) is 48.2 Å². The molecule has 154 valence electrons. The molecule has 5 nitrogen and oxygen atoms in total. The summed E-state index contributed by atoms with van der Waals surface area (Å²) in [7, 11) is 3.50. The summed E-state index contributed by atoms with van der Waals surface area (Å²) in [6, 6.07) is 15.4. The van der Waals surface area contributed by atoms with Crippen LogP contribution >= 0.6 is 0 Å². The summed E-state index contributed by atoms with van der Waals surface area (Å²) in [5.41, 5.74) is 3.42. The number of hydrogen-bond acceptors (Lipinski definition) is 4. The molecular formula is C24H32N4O. The van der Waals surface area contributed by atoms with Crippen molar-refractivity contribution in [3.05, 3.63) is 59.9 Å². The third kappa shape index (κ3) is 4.61. The number of benzene rings is 1. The van der Waals surface area contributed by atoms with E-state index in [2.05, 4.69) is 52.5 Å². The van der Waals surface area contributed by atoms with Crippen LogP contribution < -0.4 is 10.2 Å². The molecule has 2 heterocycles. The summed E-state index contributed by atoms with van der Waals surface area (Å²) in [5, 5.41) is 3.83. The van der Waals surface area contributed by atoms with Gasteiger partial charge in [0, 0.05) is 45.7 Å². The van der Waals surface area contributed by atoms with Crippen LogP contribution in [0, 0.1) is 5.41 Å². The Morgan fingerprint density at radius 1 is 1.17 bits per heavy atom. The Labute approximate surface area is 174 Å². The number of aromatic nitrogens is 1. The highest BCUT2D eigenvalue weighted by Gasteiger charge is 2.40. The van der Waals surface area contributed by atoms with Crippen LogP contribution in [0.4, 0.5) is 5.69 Å². The average molecular weight is 393 g/mol. The Hall–Kier alpha value is -2.40. The van der Waals surface area contributed by atoms with Gasteiger partial charge in [-0.05, 0) is 42.4 Å². The Morgan fingerprint density at radius 2 is 1.90 bits per heavy atom. The predicted molar refractivity (Wildman–Crippen MR) is 117 cm³/mol. The maximum absolute atomic E-state index is 12.0. The molecule has 2 aliphatic rings. The number of carbonyl (C=O) groups excluding carboxylic acids is 1. The lowest BCUT2D eigenvalue weighted by Crippen LogP contribution is -2.44. The molecule has 1 aliphatic carbocycles. The van der Waals surface area contributed by atoms with Gasteiger partial charge in [0.25, 0.3) is 5.91 Å². The maximum atomic E-state index is 12.0. The Balaban J connectivity index is 1.26. The first kappa shape index (κ1) is 19.9. The molecular weight excluding hydrogens is 360 g/mol. The van der Waals surface area contributed by atoms with E-state index < -0.39 is 0 Å². The van der Waals surface area contributed by atoms with Gasteiger partial charge in [0.05, 0.1) is 11.9 Å². The second-order valence-electron chi connectivity index (χ2n) is 9.14. The number of nitrogens with zero attached hydrogens (tertiary/aromatic N) is 3. The molecule has 1 amide bonds. The van der Waals surface area contributed by atoms with Crippen LogP contribution in [0.25, 0.3) is 0 Å². The van der Waals surface area contributed by atoms with E-state index in [0.29, 0.717) is 23.1 Å². The molecule has 1 saturated carbocycles. The second-order valence-corrected chi connectivity index (χ2v) is 9.14. The normalized spacial score (nSPS) is 22.9. The number of piperidine rings is 1. The van der Waals surface area contributed by atoms with Gasteiger partial charge in [-0.2, -0.15) is 0 Å². The van der Waals surface area contributed by atoms with Crippen LogP contribution in [0.2, 0.25) is 0 Å². The molecule has 2 atom stereocenters. The van der Waals surface area contributed by atoms with E-state index >= 15 is 0 Å². The van der Waals surface area contributed by atoms with Gasteiger partial charge in [-0.25, -0.2) is 4.98 Å². The Morgan fingerprint density at radius 3 is 2.52 bits per heavy atom. The van der Waals surface area contributed by atoms with Crippen molar-refractivity contribution in [1.29, 1.82) is 0 Å². The second kappa shape index (κ2) is 8.15. The highest BCUT2D eigenvalue weighted by Crippen LogP contribution is 2.41. The molecule has 5 heteroatoms. The third-order valence-electron chi connectivity index (χ3n) is 6.52. The molecule has 2 fully saturated rings. The molecule has 1 aromatic heterocycles. The monoisotopic (exact) mass is 392 g/mol. The van der Waals surface area contributed by atoms with E-state index in [1.54, 1.807) is 19.0 Å². The summed E-state index contributed by atoms with van der Waals surface area (Å²) in [6.45, 7) is 5.57. The molecule has 1 aromatic carbocycles. The number of anilines is 1. The van der Waals surface area contributed by atoms with Crippen molar-refractivity contribution in [3.63, 3.8) is 0 Å². The van der Waals surface area contributed by atoms with Crippen molar-refractivity contribution in [2.45, 2.75) is 38.1 Å². The quantitative estimate of drug-likeness (QED) is 0.817. The fourth-order valence-corrected chi connectivity index (χ4v) is 4.28. The zero-order valence-electron chi connectivity index (χ0n) is 17.8. The van der Waals surface area contributed by atoms with E-state index in [-0.39, 0.29) is 5.91 Å². The number of pyridine rings is 1. The standard InChI is InChI=1S/C24H32N4O/c1-24(17-26-22-15-20(22)18-7-5-4-6-8-18)11-13-28(14-12-24)19-9-10-21(25-16-19)23(29)27(2)3/h4-10,16,20,22,26H,11-15,17H2,1-3H3/t20?,22-/m1/s1. The highest BCUT2D eigenvalue weighted by molar-refractivity contribution is 5.92. The van der Waals surface area contributed by atoms with Gasteiger partial charge in [-0.1, -0.05) is 37.3 Å². The fraction of sp³-hybridized carbons (Fsp3) is 0.500. The molecule has 1 aliphatic heterocycles. The molecule has 0 spiro atoms. The number of hydrogen-bond donors (Lipinski definition) is 1. The van der Waals surface area contributed by atoms with Crippen LogP contribution in [-0.2, 0) is 0 Å². The summed E-state index contributed by atoms with van der Waals surface area (Å²) < 4.78 is 0. The van der Waals surface area contributed by atoms with E-state index in [4.69, 9.17) is 0 Å². The largest absolute Gasteiger partial charge is 0.370 e. The average Bonchev–Trinajstić information content (AvgIpc) is 3.53. The molecule has 1 unspecified atom stereocenters. The van der Waals surface area contributed by atoms with Gasteiger partial charge in [0.2, 0.25) is 0 Å². The lowest BCUT2D eigenvalue weighted by atomic mass is 9.80. The molecule has 29 heavy (non-hydrogen) atoms. The zero-order chi connectivity index (χ0) is 20.4. The van der Waals surface area contributed by atoms with Gasteiger partial charge in [0.15, 0.2) is 0 Å². The third-order valence-corrected chi connectivity index (χ3v) is 6.52. The van der Waals surface area contributed by atoms with Gasteiger partial charge in [0.1, 0.15) is 5.69 Å². The molecule has 0 bridgehead atoms. The van der Waals surface area contributed by atoms with Crippen LogP contribution in [0.3, 0.4) is 0 Å². The smallest absolute Gasteiger partial charge is 0.271 e. The minimum atomic E-state index is -0.0530. The minimum Gasteiger partial charge on any atom is -0.370 e. The van der Waals surface area contributed by atoms with Crippen molar-refractivity contribution >= 4 is 11.6 Å². The number of carbonyl (C=O) groups is 1. The van der Waals surface area contributed by atoms with Gasteiger partial charge in [-0.3, -0.25) is 4.79 Å². The highest BCUT2D eigenvalue weighted by atomic mass is 16.2. The Kier molecular flexibility index (Phi) is 5.59. The van der Waals surface area contributed by atoms with Crippen LogP contribution in [0.15, 0.2) is 48.7 Å². The zero-order valence-corrected chi connectivity index (χ0v) is 17.8. The lowest BCUT2D eigenvalue weighted by Gasteiger charge is -2.40. The number of rotatable bonds is 6. The summed E-state index contributed by atoms with van der Waals surface area (Å²) >= 11 is 0. The summed E-state index contributed by atoms with van der Waals surface area (Å²) in [5.74, 6) is 0.636. The SMILES string of the molecule is CN(C)C(=O)c1ccc(N2CCC(C)(CN[C@@H]3CC3c3ccccc3)CC2)cn1. The van der Waals surface area contributed by atoms with Crippen molar-refractivity contribution in [1.82, 2.24) is 15.2 Å². The number of nitrogens with one attached hydrogen (secondary N) is 1. The molecule has 1 N–H and O–H groups in total. The molecule has 2 aromatic rings. The van der Waals surface area contributed by atoms with Crippen molar-refractivity contribution in [2.24, 2.45) is 5.41 Å². The van der Waals surface area contributed by atoms with E-state index in [0.717, 1.165) is 25.3 Å². The predicted octanol–water partition coefficient (Wildman–Crippen LogP) is 3.54. The lowest BCUT2D eigenvalue weighted by molar-refractivity contribution is 0.0822. The van der Waals surface area contributed by atoms with Crippen LogP contribution in [0.5, 0.6) is 0 Å². The summed E-state index contributed by atoms with van der Waals surface area (Å²) in [4.78, 5) is 20.3. The molecule has 0 radical (unpaired) electrons. The first-order valence-corrected chi connectivity index (χ1v) is 10.7. The first-order chi connectivity index (χ1) is 14.0. The number of amides is 1. The topological polar surface area (TPSA) is 48.5 Å². The van der Waals surface area contributed by atoms with Gasteiger partial charge in [-0.15, -0.1) is 0 Å². The van der Waals surface area contributed by atoms with E-state index in [1.807, 2.05) is 18.3 Å². The van der Waals surface area contributed by atoms with Crippen molar-refractivity contribution in [2.75, 3.05) is 38.6 Å². The van der Waals surface area contributed by atoms with Crippen LogP contribution in [-0.4, -0.2) is 55.6 Å². The van der Waals surface area contributed by atoms with Gasteiger partial charge >= 0.3 is 0 Å².